The molecule has 3 rings (SSSR count). The fourth-order valence-electron chi connectivity index (χ4n) is 2.86. The minimum atomic E-state index is -0.178. The summed E-state index contributed by atoms with van der Waals surface area (Å²) < 4.78 is 13.1. The molecule has 0 radical (unpaired) electrons. The molecule has 0 aromatic heterocycles. The number of nitrogens with one attached hydrogen (secondary N) is 1. The third-order valence-electron chi connectivity index (χ3n) is 3.98. The van der Waals surface area contributed by atoms with Crippen molar-refractivity contribution < 1.29 is 4.39 Å². The first kappa shape index (κ1) is 14.6. The number of hydrogen-bond acceptors (Lipinski definition) is 2. The van der Waals surface area contributed by atoms with Crippen molar-refractivity contribution in [2.24, 2.45) is 5.92 Å². The van der Waals surface area contributed by atoms with Crippen molar-refractivity contribution >= 4 is 11.8 Å². The van der Waals surface area contributed by atoms with E-state index in [4.69, 9.17) is 0 Å². The molecule has 1 aliphatic heterocycles. The summed E-state index contributed by atoms with van der Waals surface area (Å²) in [5.41, 5.74) is 2.54. The summed E-state index contributed by atoms with van der Waals surface area (Å²) in [4.78, 5) is 1.37. The lowest BCUT2D eigenvalue weighted by atomic mass is 9.94. The van der Waals surface area contributed by atoms with Crippen LogP contribution in [-0.4, -0.2) is 5.75 Å². The molecule has 0 saturated heterocycles. The summed E-state index contributed by atoms with van der Waals surface area (Å²) in [6, 6.07) is 16.1. The topological polar surface area (TPSA) is 12.0 Å². The van der Waals surface area contributed by atoms with Crippen LogP contribution in [0.25, 0.3) is 0 Å². The lowest BCUT2D eigenvalue weighted by Crippen LogP contribution is -2.30. The molecular weight excluding hydrogens is 281 g/mol. The van der Waals surface area contributed by atoms with E-state index in [1.165, 1.54) is 10.5 Å². The average molecular weight is 301 g/mol. The Hall–Kier alpha value is -1.32. The SMILES string of the molecule is CC(C)C(NC1CSc2ccccc21)c1ccc(F)cc1. The van der Waals surface area contributed by atoms with Crippen molar-refractivity contribution in [1.82, 2.24) is 5.32 Å². The van der Waals surface area contributed by atoms with E-state index in [-0.39, 0.29) is 11.9 Å². The zero-order valence-electron chi connectivity index (χ0n) is 12.3. The van der Waals surface area contributed by atoms with Gasteiger partial charge in [-0.2, -0.15) is 0 Å². The van der Waals surface area contributed by atoms with Gasteiger partial charge in [-0.25, -0.2) is 4.39 Å². The Kier molecular flexibility index (Phi) is 4.32. The smallest absolute Gasteiger partial charge is 0.123 e. The molecule has 0 aliphatic carbocycles. The number of thioether (sulfide) groups is 1. The van der Waals surface area contributed by atoms with Gasteiger partial charge in [0.25, 0.3) is 0 Å². The van der Waals surface area contributed by atoms with E-state index in [0.29, 0.717) is 12.0 Å². The first-order chi connectivity index (χ1) is 10.1. The van der Waals surface area contributed by atoms with Gasteiger partial charge in [-0.3, -0.25) is 0 Å². The highest BCUT2D eigenvalue weighted by atomic mass is 32.2. The van der Waals surface area contributed by atoms with E-state index in [9.17, 15) is 4.39 Å². The van der Waals surface area contributed by atoms with Crippen LogP contribution < -0.4 is 5.32 Å². The van der Waals surface area contributed by atoms with Gasteiger partial charge in [0, 0.05) is 22.7 Å². The molecule has 1 aliphatic rings. The van der Waals surface area contributed by atoms with Gasteiger partial charge >= 0.3 is 0 Å². The lowest BCUT2D eigenvalue weighted by Gasteiger charge is -2.27. The molecule has 2 atom stereocenters. The predicted octanol–water partition coefficient (Wildman–Crippen LogP) is 4.96. The van der Waals surface area contributed by atoms with Crippen molar-refractivity contribution in [1.29, 1.82) is 0 Å². The van der Waals surface area contributed by atoms with E-state index in [2.05, 4.69) is 43.4 Å². The van der Waals surface area contributed by atoms with Gasteiger partial charge in [0.15, 0.2) is 0 Å². The van der Waals surface area contributed by atoms with Crippen molar-refractivity contribution in [3.05, 3.63) is 65.5 Å². The standard InChI is InChI=1S/C18H20FNS/c1-12(2)18(13-7-9-14(19)10-8-13)20-16-11-21-17-6-4-3-5-15(16)17/h3-10,12,16,18,20H,11H2,1-2H3. The summed E-state index contributed by atoms with van der Waals surface area (Å²) in [6.07, 6.45) is 0. The number of rotatable bonds is 4. The number of fused-ring (bicyclic) bond motifs is 1. The highest BCUT2D eigenvalue weighted by Gasteiger charge is 2.26. The molecule has 0 amide bonds. The number of halogens is 1. The molecule has 0 saturated carbocycles. The van der Waals surface area contributed by atoms with E-state index in [1.54, 1.807) is 12.1 Å². The second-order valence-corrected chi connectivity index (χ2v) is 6.90. The second kappa shape index (κ2) is 6.20. The quantitative estimate of drug-likeness (QED) is 0.856. The van der Waals surface area contributed by atoms with Gasteiger partial charge in [-0.15, -0.1) is 11.8 Å². The van der Waals surface area contributed by atoms with Crippen LogP contribution in [0.3, 0.4) is 0 Å². The fraction of sp³-hybridized carbons (Fsp3) is 0.333. The van der Waals surface area contributed by atoms with Crippen molar-refractivity contribution in [3.63, 3.8) is 0 Å². The van der Waals surface area contributed by atoms with Crippen LogP contribution in [-0.2, 0) is 0 Å². The molecule has 2 aromatic rings. The Balaban J connectivity index is 1.82. The summed E-state index contributed by atoms with van der Waals surface area (Å²) in [6.45, 7) is 4.41. The van der Waals surface area contributed by atoms with Gasteiger partial charge in [0.2, 0.25) is 0 Å². The van der Waals surface area contributed by atoms with Crippen LogP contribution in [0.4, 0.5) is 4.39 Å². The fourth-order valence-corrected chi connectivity index (χ4v) is 4.03. The highest BCUT2D eigenvalue weighted by Crippen LogP contribution is 2.39. The second-order valence-electron chi connectivity index (χ2n) is 5.84. The number of benzene rings is 2. The van der Waals surface area contributed by atoms with Crippen LogP contribution in [0.15, 0.2) is 53.4 Å². The van der Waals surface area contributed by atoms with E-state index in [0.717, 1.165) is 11.3 Å². The van der Waals surface area contributed by atoms with E-state index < -0.39 is 0 Å². The van der Waals surface area contributed by atoms with Crippen LogP contribution in [0.1, 0.15) is 37.1 Å². The van der Waals surface area contributed by atoms with Gasteiger partial charge in [-0.1, -0.05) is 44.2 Å². The monoisotopic (exact) mass is 301 g/mol. The lowest BCUT2D eigenvalue weighted by molar-refractivity contribution is 0.377. The maximum atomic E-state index is 13.1. The first-order valence-corrected chi connectivity index (χ1v) is 8.37. The van der Waals surface area contributed by atoms with Crippen molar-refractivity contribution in [3.8, 4) is 0 Å². The summed E-state index contributed by atoms with van der Waals surface area (Å²) in [7, 11) is 0. The van der Waals surface area contributed by atoms with E-state index >= 15 is 0 Å². The molecule has 1 N–H and O–H groups in total. The van der Waals surface area contributed by atoms with Crippen LogP contribution in [0.2, 0.25) is 0 Å². The zero-order valence-corrected chi connectivity index (χ0v) is 13.2. The molecule has 3 heteroatoms. The maximum absolute atomic E-state index is 13.1. The Bertz CT molecular complexity index is 609. The molecule has 0 spiro atoms. The summed E-state index contributed by atoms with van der Waals surface area (Å²) in [5.74, 6) is 1.33. The molecule has 21 heavy (non-hydrogen) atoms. The van der Waals surface area contributed by atoms with Crippen LogP contribution in [0, 0.1) is 11.7 Å². The molecule has 0 fully saturated rings. The van der Waals surface area contributed by atoms with Crippen LogP contribution >= 0.6 is 11.8 Å². The largest absolute Gasteiger partial charge is 0.302 e. The van der Waals surface area contributed by atoms with E-state index in [1.807, 2.05) is 23.9 Å². The molecule has 110 valence electrons. The summed E-state index contributed by atoms with van der Waals surface area (Å²) in [5, 5.41) is 3.76. The third kappa shape index (κ3) is 3.14. The van der Waals surface area contributed by atoms with Gasteiger partial charge in [0.05, 0.1) is 0 Å². The minimum absolute atomic E-state index is 0.178. The maximum Gasteiger partial charge on any atom is 0.123 e. The number of hydrogen-bond donors (Lipinski definition) is 1. The molecule has 1 nitrogen and oxygen atoms in total. The van der Waals surface area contributed by atoms with Gasteiger partial charge in [0.1, 0.15) is 5.82 Å². The molecule has 2 aromatic carbocycles. The molecular formula is C18H20FNS. The first-order valence-electron chi connectivity index (χ1n) is 7.38. The molecule has 2 unspecified atom stereocenters. The Labute approximate surface area is 130 Å². The van der Waals surface area contributed by atoms with Crippen LogP contribution in [0.5, 0.6) is 0 Å². The molecule has 0 bridgehead atoms. The van der Waals surface area contributed by atoms with Gasteiger partial charge < -0.3 is 5.32 Å². The Morgan fingerprint density at radius 2 is 1.81 bits per heavy atom. The van der Waals surface area contributed by atoms with Crippen molar-refractivity contribution in [2.45, 2.75) is 30.8 Å². The normalized spacial score (nSPS) is 18.8. The Morgan fingerprint density at radius 3 is 2.52 bits per heavy atom. The zero-order chi connectivity index (χ0) is 14.8. The van der Waals surface area contributed by atoms with Crippen molar-refractivity contribution in [2.75, 3.05) is 5.75 Å². The highest BCUT2D eigenvalue weighted by molar-refractivity contribution is 7.99. The predicted molar refractivity (Wildman–Crippen MR) is 87.0 cm³/mol. The Morgan fingerprint density at radius 1 is 1.10 bits per heavy atom. The summed E-state index contributed by atoms with van der Waals surface area (Å²) >= 11 is 1.90. The third-order valence-corrected chi connectivity index (χ3v) is 5.16. The average Bonchev–Trinajstić information content (AvgIpc) is 2.89. The molecule has 1 heterocycles. The minimum Gasteiger partial charge on any atom is -0.302 e. The van der Waals surface area contributed by atoms with Gasteiger partial charge in [-0.05, 0) is 35.2 Å².